The number of amides is 12. The number of likely N-dealkylation sites (N-methyl/N-ethyl adjacent to an activating group) is 7. The Morgan fingerprint density at radius 3 is 1.78 bits per heavy atom. The van der Waals surface area contributed by atoms with E-state index in [2.05, 4.69) is 28.2 Å². The third kappa shape index (κ3) is 21.9. The van der Waals surface area contributed by atoms with Gasteiger partial charge in [0, 0.05) is 74.3 Å². The number of rotatable bonds is 13. The fourth-order valence-corrected chi connectivity index (χ4v) is 19.2. The maximum absolute atomic E-state index is 16.1. The van der Waals surface area contributed by atoms with Crippen LogP contribution in [0, 0.1) is 47.3 Å². The van der Waals surface area contributed by atoms with Crippen LogP contribution in [0.1, 0.15) is 221 Å². The summed E-state index contributed by atoms with van der Waals surface area (Å²) in [6, 6.07) is -9.73. The Balaban J connectivity index is 1.21. The Hall–Kier alpha value is -6.32. The normalized spacial score (nSPS) is 31.6. The number of carbonyl (C=O) groups excluding carboxylic acids is 12. The summed E-state index contributed by atoms with van der Waals surface area (Å²) in [5, 5.41) is 11.3. The van der Waals surface area contributed by atoms with Gasteiger partial charge in [-0.05, 0) is 164 Å². The first-order chi connectivity index (χ1) is 51.1. The summed E-state index contributed by atoms with van der Waals surface area (Å²) in [5.41, 5.74) is -1.60. The van der Waals surface area contributed by atoms with Crippen molar-refractivity contribution in [2.24, 2.45) is 47.3 Å². The van der Waals surface area contributed by atoms with Gasteiger partial charge in [-0.25, -0.2) is 0 Å². The van der Waals surface area contributed by atoms with Crippen molar-refractivity contribution in [2.45, 2.75) is 286 Å². The number of nitrogens with one attached hydrogen (secondary N) is 4. The van der Waals surface area contributed by atoms with Crippen molar-refractivity contribution in [3.05, 3.63) is 0 Å². The minimum absolute atomic E-state index is 0.00897. The lowest BCUT2D eigenvalue weighted by atomic mass is 9.78. The molecule has 0 aromatic heterocycles. The van der Waals surface area contributed by atoms with Crippen LogP contribution in [0.2, 0.25) is 0 Å². The van der Waals surface area contributed by atoms with Crippen molar-refractivity contribution < 1.29 is 70.7 Å². The van der Waals surface area contributed by atoms with Crippen molar-refractivity contribution >= 4 is 82.5 Å². The Kier molecular flexibility index (Phi) is 31.7. The maximum Gasteiger partial charge on any atom is 0.393 e. The number of alkyl halides is 4. The van der Waals surface area contributed by atoms with E-state index < -0.39 is 174 Å². The predicted octanol–water partition coefficient (Wildman–Crippen LogP) is 7.10. The fourth-order valence-electron chi connectivity index (χ4n) is 18.7. The highest BCUT2D eigenvalue weighted by molar-refractivity contribution is 6.21. The van der Waals surface area contributed by atoms with Crippen molar-refractivity contribution in [3.8, 4) is 0 Å². The number of carbonyl (C=O) groups is 12. The lowest BCUT2D eigenvalue weighted by Crippen LogP contribution is -2.66. The molecule has 108 heavy (non-hydrogen) atoms. The second-order valence-corrected chi connectivity index (χ2v) is 34.8. The quantitative estimate of drug-likeness (QED) is 0.134. The zero-order valence-electron chi connectivity index (χ0n) is 66.7. The van der Waals surface area contributed by atoms with Gasteiger partial charge in [0.05, 0.1) is 25.4 Å². The molecular weight excluding hydrogens is 1420 g/mol. The second kappa shape index (κ2) is 39.2. The lowest BCUT2D eigenvalue weighted by molar-refractivity contribution is -0.182. The number of halogens is 4. The molecule has 0 radical (unpaired) electrons. The average molecular weight is 1550 g/mol. The molecule has 0 bridgehead atoms. The number of hydrogen-bond donors (Lipinski definition) is 4. The second-order valence-electron chi connectivity index (χ2n) is 34.2. The number of fused-ring (bicyclic) bond motifs is 1. The van der Waals surface area contributed by atoms with E-state index in [0.717, 1.165) is 57.8 Å². The highest BCUT2D eigenvalue weighted by Gasteiger charge is 2.53. The molecule has 8 aliphatic rings. The molecule has 4 saturated heterocycles. The van der Waals surface area contributed by atoms with Crippen LogP contribution in [-0.4, -0.2) is 276 Å². The van der Waals surface area contributed by atoms with Crippen LogP contribution >= 0.6 is 11.6 Å². The smallest absolute Gasteiger partial charge is 0.343 e. The highest BCUT2D eigenvalue weighted by atomic mass is 35.5. The first-order valence-corrected chi connectivity index (χ1v) is 41.3. The van der Waals surface area contributed by atoms with E-state index in [1.165, 1.54) is 81.5 Å². The van der Waals surface area contributed by atoms with Gasteiger partial charge in [0.1, 0.15) is 53.9 Å². The monoisotopic (exact) mass is 1540 g/mol. The number of nitrogens with zero attached hydrogens (tertiary/aromatic N) is 9. The van der Waals surface area contributed by atoms with Gasteiger partial charge in [0.15, 0.2) is 0 Å². The molecule has 0 aromatic rings. The van der Waals surface area contributed by atoms with E-state index in [1.54, 1.807) is 18.9 Å². The van der Waals surface area contributed by atoms with E-state index >= 15 is 38.4 Å². The molecular formula is C79H129ClF3N13O12. The Labute approximate surface area is 644 Å². The van der Waals surface area contributed by atoms with Gasteiger partial charge in [-0.2, -0.15) is 13.2 Å². The van der Waals surface area contributed by atoms with Crippen molar-refractivity contribution in [1.29, 1.82) is 0 Å². The summed E-state index contributed by atoms with van der Waals surface area (Å²) in [6.45, 7) is 10.6. The van der Waals surface area contributed by atoms with Crippen LogP contribution in [0.4, 0.5) is 13.2 Å². The van der Waals surface area contributed by atoms with Gasteiger partial charge in [-0.15, -0.1) is 11.6 Å². The zero-order chi connectivity index (χ0) is 79.2. The molecule has 12 amide bonds. The lowest BCUT2D eigenvalue weighted by Gasteiger charge is -2.44. The Morgan fingerprint density at radius 2 is 1.19 bits per heavy atom. The maximum atomic E-state index is 16.1. The first-order valence-electron chi connectivity index (χ1n) is 40.8. The summed E-state index contributed by atoms with van der Waals surface area (Å²) >= 11 is 6.49. The molecule has 4 saturated carbocycles. The summed E-state index contributed by atoms with van der Waals surface area (Å²) in [5.74, 6) is -10.4. The molecule has 8 fully saturated rings. The summed E-state index contributed by atoms with van der Waals surface area (Å²) in [6.07, 6.45) is 8.30. The fraction of sp³-hybridized carbons (Fsp3) is 0.848. The average Bonchev–Trinajstić information content (AvgIpc) is 1.61. The van der Waals surface area contributed by atoms with E-state index in [1.807, 2.05) is 20.8 Å². The largest absolute Gasteiger partial charge is 0.393 e. The molecule has 25 nitrogen and oxygen atoms in total. The van der Waals surface area contributed by atoms with E-state index in [9.17, 15) is 32.3 Å². The van der Waals surface area contributed by atoms with Gasteiger partial charge in [0.25, 0.3) is 0 Å². The molecule has 8 rings (SSSR count). The van der Waals surface area contributed by atoms with Gasteiger partial charge < -0.3 is 65.4 Å². The zero-order valence-corrected chi connectivity index (χ0v) is 67.5. The summed E-state index contributed by atoms with van der Waals surface area (Å²) < 4.78 is 42.6. The predicted molar refractivity (Wildman–Crippen MR) is 404 cm³/mol. The van der Waals surface area contributed by atoms with Crippen molar-refractivity contribution in [3.63, 3.8) is 0 Å². The molecule has 4 N–H and O–H groups in total. The van der Waals surface area contributed by atoms with Crippen molar-refractivity contribution in [2.75, 3.05) is 95.1 Å². The Morgan fingerprint density at radius 1 is 0.574 bits per heavy atom. The number of likely N-dealkylation sites (tertiary alicyclic amines) is 1. The minimum atomic E-state index is -4.52. The van der Waals surface area contributed by atoms with Crippen LogP contribution < -0.4 is 21.3 Å². The molecule has 14 atom stereocenters. The van der Waals surface area contributed by atoms with E-state index in [4.69, 9.17) is 11.6 Å². The van der Waals surface area contributed by atoms with Crippen LogP contribution in [-0.2, 0) is 57.5 Å². The molecule has 4 aliphatic heterocycles. The van der Waals surface area contributed by atoms with Crippen LogP contribution in [0.25, 0.3) is 0 Å². The van der Waals surface area contributed by atoms with Crippen LogP contribution in [0.15, 0.2) is 0 Å². The molecule has 1 spiro atoms. The topological polar surface area (TPSA) is 282 Å². The van der Waals surface area contributed by atoms with Crippen LogP contribution in [0.5, 0.6) is 0 Å². The third-order valence-corrected chi connectivity index (χ3v) is 26.2. The van der Waals surface area contributed by atoms with Gasteiger partial charge in [-0.3, -0.25) is 57.5 Å². The first kappa shape index (κ1) is 87.3. The van der Waals surface area contributed by atoms with E-state index in [-0.39, 0.29) is 107 Å². The highest BCUT2D eigenvalue weighted by Crippen LogP contribution is 2.44. The van der Waals surface area contributed by atoms with Crippen molar-refractivity contribution in [1.82, 2.24) is 65.4 Å². The SMILES string of the molecule is CC[C@H](C)[C@@H]1NC(=O)[C@H](CC(C)C)N(C)C(=O)C[C@@H](C(=O)N2CCCCC2)N(C)C(=O)[C@H](C2CCCCC2)N(C)C(=O)C2(CCCC2)NC(=O)[C@H](CC2CNCC(C)C2)N(C)C(=O)[C@H](CCC2CCC(C(F)(F)F)C(Cl)C2)NC(=O)CN(C)C(=O)[C@H](CC2CCCCC2)N(C)C(=O)[C@@H]2CCN2C(=O)CN(C)C1=O. The number of hydrogen-bond acceptors (Lipinski definition) is 13. The molecule has 5 unspecified atom stereocenters. The van der Waals surface area contributed by atoms with Gasteiger partial charge in [-0.1, -0.05) is 105 Å². The molecule has 610 valence electrons. The minimum Gasteiger partial charge on any atom is -0.343 e. The van der Waals surface area contributed by atoms with Gasteiger partial charge >= 0.3 is 6.18 Å². The summed E-state index contributed by atoms with van der Waals surface area (Å²) in [4.78, 5) is 195. The standard InChI is InChI=1S/C79H129ClF3N13O12/c1-13-51(5)67-75(106)89(7)48-66(99)96-38-33-59(96)73(104)92(10)62(42-52-25-17-14-18-26-52)72(103)88(6)47-64(97)85-58(32-30-53-29-31-56(57(80)41-53)79(81,82)83)71(102)91(9)61(43-54-40-50(4)45-84-46-54)70(101)87-78(34-21-22-35-78)77(108)94(12)68(55-27-19-15-20-28-55)76(107)93(11)63(74(105)95-36-23-16-24-37-95)44-65(98)90(8)60(39-49(2)3)69(100)86-67/h49-63,67-68,84H,13-48H2,1-12H3,(H,85,97)(H,86,100)(H,87,101)/t50?,51-,53?,54?,56?,57?,58-,59-,60-,61-,62-,63-,67-,68-/m0/s1. The molecule has 4 heterocycles. The van der Waals surface area contributed by atoms with Crippen LogP contribution in [0.3, 0.4) is 0 Å². The van der Waals surface area contributed by atoms with Gasteiger partial charge in [0.2, 0.25) is 70.9 Å². The Bertz CT molecular complexity index is 3140. The molecule has 29 heteroatoms. The summed E-state index contributed by atoms with van der Waals surface area (Å²) in [7, 11) is 10.3. The molecule has 0 aromatic carbocycles. The molecule has 4 aliphatic carbocycles. The van der Waals surface area contributed by atoms with E-state index in [0.29, 0.717) is 77.5 Å². The number of piperidine rings is 2. The third-order valence-electron chi connectivity index (χ3n) is 25.7.